The summed E-state index contributed by atoms with van der Waals surface area (Å²) >= 11 is 0. The molecule has 0 fully saturated rings. The molecule has 0 saturated heterocycles. The van der Waals surface area contributed by atoms with Crippen molar-refractivity contribution < 1.29 is 24.5 Å². The van der Waals surface area contributed by atoms with Crippen LogP contribution in [0.25, 0.3) is 55.6 Å². The maximum Gasteiger partial charge on any atom is 0.120 e. The summed E-state index contributed by atoms with van der Waals surface area (Å²) in [6.45, 7) is 2.09. The summed E-state index contributed by atoms with van der Waals surface area (Å²) in [4.78, 5) is 8.76. The first-order valence-electron chi connectivity index (χ1n) is 12.5. The molecule has 0 aliphatic carbocycles. The number of rotatable bonds is 3. The second-order valence-corrected chi connectivity index (χ2v) is 8.94. The number of pyridine rings is 2. The van der Waals surface area contributed by atoms with E-state index in [0.717, 1.165) is 44.5 Å². The first-order chi connectivity index (χ1) is 18.8. The quantitative estimate of drug-likeness (QED) is 0.175. The van der Waals surface area contributed by atoms with E-state index in [9.17, 15) is 0 Å². The molecular formula is C35H24IrN2O-2. The fourth-order valence-corrected chi connectivity index (χ4v) is 4.58. The van der Waals surface area contributed by atoms with Crippen molar-refractivity contribution >= 4 is 21.9 Å². The summed E-state index contributed by atoms with van der Waals surface area (Å²) in [7, 11) is 0. The van der Waals surface area contributed by atoms with Gasteiger partial charge in [-0.3, -0.25) is 0 Å². The molecule has 3 nitrogen and oxygen atoms in total. The van der Waals surface area contributed by atoms with Gasteiger partial charge in [-0.15, -0.1) is 53.1 Å². The zero-order valence-electron chi connectivity index (χ0n) is 21.3. The van der Waals surface area contributed by atoms with E-state index in [0.29, 0.717) is 0 Å². The molecule has 7 aromatic rings. The average molecular weight is 681 g/mol. The zero-order chi connectivity index (χ0) is 25.7. The molecule has 1 radical (unpaired) electrons. The molecule has 0 aliphatic rings. The Kier molecular flexibility index (Phi) is 8.07. The molecule has 7 rings (SSSR count). The number of para-hydroxylation sites is 1. The van der Waals surface area contributed by atoms with Crippen LogP contribution >= 0.6 is 0 Å². The van der Waals surface area contributed by atoms with Crippen LogP contribution in [0, 0.1) is 19.1 Å². The van der Waals surface area contributed by atoms with Gasteiger partial charge in [0.25, 0.3) is 0 Å². The Morgan fingerprint density at radius 1 is 0.667 bits per heavy atom. The van der Waals surface area contributed by atoms with Gasteiger partial charge in [-0.25, -0.2) is 0 Å². The van der Waals surface area contributed by atoms with Crippen LogP contribution in [-0.4, -0.2) is 9.97 Å². The predicted octanol–water partition coefficient (Wildman–Crippen LogP) is 8.97. The van der Waals surface area contributed by atoms with Gasteiger partial charge in [-0.2, -0.15) is 0 Å². The van der Waals surface area contributed by atoms with Crippen LogP contribution in [0.3, 0.4) is 0 Å². The fraction of sp³-hybridized carbons (Fsp3) is 0.0286. The first kappa shape index (κ1) is 26.2. The van der Waals surface area contributed by atoms with Crippen LogP contribution < -0.4 is 0 Å². The number of fused-ring (bicyclic) bond motifs is 3. The Bertz CT molecular complexity index is 1760. The summed E-state index contributed by atoms with van der Waals surface area (Å²) < 4.78 is 6.05. The van der Waals surface area contributed by atoms with Crippen LogP contribution in [0.4, 0.5) is 0 Å². The molecule has 0 N–H and O–H groups in total. The SMILES string of the molecule is Cc1c[c-]c(-c2ccccn2)c2oc3ccccc3c12.[Ir].[c-]1ccc(-c2ccccc2)cc1-c1ccccn1. The third-order valence-corrected chi connectivity index (χ3v) is 6.42. The molecule has 4 aromatic carbocycles. The number of nitrogens with zero attached hydrogens (tertiary/aromatic N) is 2. The summed E-state index contributed by atoms with van der Waals surface area (Å²) in [6.07, 6.45) is 3.59. The maximum atomic E-state index is 6.05. The van der Waals surface area contributed by atoms with Crippen molar-refractivity contribution in [3.63, 3.8) is 0 Å². The van der Waals surface area contributed by atoms with Gasteiger partial charge in [0.05, 0.1) is 5.58 Å². The number of furan rings is 1. The molecular weight excluding hydrogens is 657 g/mol. The van der Waals surface area contributed by atoms with E-state index in [-0.39, 0.29) is 20.1 Å². The molecule has 191 valence electrons. The fourth-order valence-electron chi connectivity index (χ4n) is 4.58. The molecule has 0 amide bonds. The summed E-state index contributed by atoms with van der Waals surface area (Å²) in [5.74, 6) is 0. The van der Waals surface area contributed by atoms with Gasteiger partial charge in [0, 0.05) is 37.9 Å². The Balaban J connectivity index is 0.000000155. The van der Waals surface area contributed by atoms with E-state index in [1.807, 2.05) is 84.9 Å². The molecule has 3 heterocycles. The Morgan fingerprint density at radius 3 is 2.10 bits per heavy atom. The van der Waals surface area contributed by atoms with Crippen LogP contribution in [0.15, 0.2) is 132 Å². The van der Waals surface area contributed by atoms with Crippen LogP contribution in [-0.2, 0) is 20.1 Å². The number of hydrogen-bond donors (Lipinski definition) is 0. The van der Waals surface area contributed by atoms with E-state index in [1.54, 1.807) is 12.4 Å². The molecule has 0 spiro atoms. The number of hydrogen-bond acceptors (Lipinski definition) is 3. The molecule has 39 heavy (non-hydrogen) atoms. The maximum absolute atomic E-state index is 6.05. The third-order valence-electron chi connectivity index (χ3n) is 6.42. The summed E-state index contributed by atoms with van der Waals surface area (Å²) in [5, 5.41) is 2.30. The molecule has 4 heteroatoms. The van der Waals surface area contributed by atoms with Gasteiger partial charge in [0.15, 0.2) is 0 Å². The van der Waals surface area contributed by atoms with Crippen molar-refractivity contribution in [2.45, 2.75) is 6.92 Å². The monoisotopic (exact) mass is 681 g/mol. The van der Waals surface area contributed by atoms with Crippen LogP contribution in [0.1, 0.15) is 5.56 Å². The normalized spacial score (nSPS) is 10.5. The van der Waals surface area contributed by atoms with Crippen molar-refractivity contribution in [2.75, 3.05) is 0 Å². The van der Waals surface area contributed by atoms with Gasteiger partial charge in [-0.1, -0.05) is 90.7 Å². The van der Waals surface area contributed by atoms with Crippen molar-refractivity contribution in [2.24, 2.45) is 0 Å². The number of benzene rings is 4. The topological polar surface area (TPSA) is 38.9 Å². The van der Waals surface area contributed by atoms with Crippen LogP contribution in [0.2, 0.25) is 0 Å². The van der Waals surface area contributed by atoms with Crippen molar-refractivity contribution in [1.29, 1.82) is 0 Å². The molecule has 0 unspecified atom stereocenters. The Morgan fingerprint density at radius 2 is 1.36 bits per heavy atom. The molecule has 0 aliphatic heterocycles. The van der Waals surface area contributed by atoms with Crippen molar-refractivity contribution in [1.82, 2.24) is 9.97 Å². The van der Waals surface area contributed by atoms with Gasteiger partial charge in [-0.05, 0) is 35.2 Å². The van der Waals surface area contributed by atoms with Gasteiger partial charge >= 0.3 is 0 Å². The summed E-state index contributed by atoms with van der Waals surface area (Å²) in [5.41, 5.74) is 9.13. The van der Waals surface area contributed by atoms with Crippen molar-refractivity contribution in [3.05, 3.63) is 145 Å². The molecule has 0 saturated carbocycles. The minimum atomic E-state index is 0. The number of aryl methyl sites for hydroxylation is 1. The van der Waals surface area contributed by atoms with Crippen molar-refractivity contribution in [3.8, 4) is 33.6 Å². The van der Waals surface area contributed by atoms with Gasteiger partial charge < -0.3 is 14.4 Å². The van der Waals surface area contributed by atoms with E-state index in [2.05, 4.69) is 59.4 Å². The minimum Gasteiger partial charge on any atom is -0.501 e. The van der Waals surface area contributed by atoms with E-state index in [1.165, 1.54) is 16.7 Å². The molecule has 0 bridgehead atoms. The largest absolute Gasteiger partial charge is 0.501 e. The second kappa shape index (κ2) is 12.0. The summed E-state index contributed by atoms with van der Waals surface area (Å²) in [6, 6.07) is 44.9. The number of aromatic nitrogens is 2. The minimum absolute atomic E-state index is 0. The zero-order valence-corrected chi connectivity index (χ0v) is 23.7. The van der Waals surface area contributed by atoms with Gasteiger partial charge in [0.2, 0.25) is 0 Å². The Hall–Kier alpha value is -4.37. The van der Waals surface area contributed by atoms with Crippen LogP contribution in [0.5, 0.6) is 0 Å². The first-order valence-corrected chi connectivity index (χ1v) is 12.5. The van der Waals surface area contributed by atoms with E-state index < -0.39 is 0 Å². The smallest absolute Gasteiger partial charge is 0.120 e. The Labute approximate surface area is 241 Å². The van der Waals surface area contributed by atoms with Gasteiger partial charge in [0.1, 0.15) is 5.58 Å². The van der Waals surface area contributed by atoms with E-state index in [4.69, 9.17) is 4.42 Å². The predicted molar refractivity (Wildman–Crippen MR) is 154 cm³/mol. The average Bonchev–Trinajstić information content (AvgIpc) is 3.40. The van der Waals surface area contributed by atoms with E-state index >= 15 is 0 Å². The standard InChI is InChI=1S/C18H12NO.C17H12N.Ir/c1-12-9-10-13(15-7-4-5-11-19-15)18-17(12)14-6-2-3-8-16(14)20-18;1-2-7-14(8-3-1)15-9-6-10-16(13-15)17-11-4-5-12-18-17;/h2-9,11H,1H3;1-9,11-13H;/q2*-1;. The second-order valence-electron chi connectivity index (χ2n) is 8.94. The molecule has 0 atom stereocenters. The third kappa shape index (κ3) is 5.58. The molecule has 3 aromatic heterocycles.